The topological polar surface area (TPSA) is 38.8 Å². The average Bonchev–Trinajstić information content (AvgIpc) is 3.75. The van der Waals surface area contributed by atoms with Gasteiger partial charge in [-0.25, -0.2) is 0 Å². The Morgan fingerprint density at radius 1 is 0.490 bits per heavy atom. The molecule has 0 fully saturated rings. The van der Waals surface area contributed by atoms with Gasteiger partial charge in [0.1, 0.15) is 0 Å². The van der Waals surface area contributed by atoms with Crippen LogP contribution in [-0.2, 0) is 0 Å². The summed E-state index contributed by atoms with van der Waals surface area (Å²) >= 11 is 1.87. The molecule has 2 heterocycles. The maximum atomic E-state index is 5.28. The minimum atomic E-state index is -0.441. The molecule has 2 aliphatic rings. The molecule has 9 aromatic rings. The first-order valence-electron chi connectivity index (χ1n) is 17.3. The molecule has 1 aliphatic carbocycles. The molecule has 4 heteroatoms. The van der Waals surface area contributed by atoms with Gasteiger partial charge in [0.15, 0.2) is 0 Å². The molecule has 1 aromatic heterocycles. The van der Waals surface area contributed by atoms with Gasteiger partial charge in [0.2, 0.25) is 0 Å². The van der Waals surface area contributed by atoms with E-state index in [1.807, 2.05) is 29.5 Å². The van der Waals surface area contributed by atoms with E-state index in [0.29, 0.717) is 11.7 Å². The summed E-state index contributed by atoms with van der Waals surface area (Å²) < 4.78 is 2.56. The summed E-state index contributed by atoms with van der Waals surface area (Å²) in [5.41, 5.74) is 10.7. The van der Waals surface area contributed by atoms with Crippen LogP contribution in [0.3, 0.4) is 0 Å². The molecule has 1 aliphatic heterocycles. The Kier molecular flexibility index (Phi) is 6.18. The van der Waals surface area contributed by atoms with Crippen molar-refractivity contribution < 1.29 is 0 Å². The van der Waals surface area contributed by atoms with E-state index >= 15 is 0 Å². The van der Waals surface area contributed by atoms with Gasteiger partial charge in [-0.3, -0.25) is 4.99 Å². The lowest BCUT2D eigenvalue weighted by atomic mass is 9.98. The second kappa shape index (κ2) is 11.1. The monoisotopic (exact) mass is 666 g/mol. The van der Waals surface area contributed by atoms with E-state index in [1.54, 1.807) is 0 Å². The predicted molar refractivity (Wildman–Crippen MR) is 216 cm³/mol. The van der Waals surface area contributed by atoms with Crippen molar-refractivity contribution in [3.05, 3.63) is 186 Å². The molecule has 0 spiro atoms. The summed E-state index contributed by atoms with van der Waals surface area (Å²) in [7, 11) is 0. The third-order valence-electron chi connectivity index (χ3n) is 10.4. The van der Waals surface area contributed by atoms with Gasteiger partial charge in [0, 0.05) is 25.7 Å². The molecule has 51 heavy (non-hydrogen) atoms. The zero-order chi connectivity index (χ0) is 33.5. The summed E-state index contributed by atoms with van der Waals surface area (Å²) in [5, 5.41) is 12.8. The van der Waals surface area contributed by atoms with Crippen molar-refractivity contribution in [1.29, 1.82) is 0 Å². The number of benzene rings is 8. The Morgan fingerprint density at radius 2 is 1.22 bits per heavy atom. The van der Waals surface area contributed by atoms with E-state index in [9.17, 15) is 0 Å². The Balaban J connectivity index is 1.05. The highest BCUT2D eigenvalue weighted by Crippen LogP contribution is 2.53. The van der Waals surface area contributed by atoms with Gasteiger partial charge in [-0.05, 0) is 78.2 Å². The minimum Gasteiger partial charge on any atom is -0.438 e. The van der Waals surface area contributed by atoms with Crippen molar-refractivity contribution in [1.82, 2.24) is 0 Å². The van der Waals surface area contributed by atoms with Crippen LogP contribution in [0.4, 0.5) is 0 Å². The van der Waals surface area contributed by atoms with Crippen LogP contribution in [0.5, 0.6) is 0 Å². The first kappa shape index (κ1) is 28.5. The quantitative estimate of drug-likeness (QED) is 0.179. The molecule has 1 unspecified atom stereocenters. The van der Waals surface area contributed by atoms with Gasteiger partial charge in [0.05, 0.1) is 12.0 Å². The summed E-state index contributed by atoms with van der Waals surface area (Å²) in [5.74, 6) is 1.39. The van der Waals surface area contributed by atoms with E-state index < -0.39 is 6.17 Å². The Hall–Kier alpha value is -6.36. The number of fused-ring (bicyclic) bond motifs is 8. The molecule has 0 N–H and O–H groups in total. The number of hydrogen-bond acceptors (Lipinski definition) is 3. The van der Waals surface area contributed by atoms with Crippen molar-refractivity contribution in [3.8, 4) is 33.4 Å². The summed E-state index contributed by atoms with van der Waals surface area (Å²) in [4.78, 5) is 10.3. The number of nitrogens with zero attached hydrogens (tertiary/aromatic N) is 3. The molecule has 8 aromatic carbocycles. The van der Waals surface area contributed by atoms with Crippen LogP contribution < -0.4 is 0 Å². The first-order chi connectivity index (χ1) is 25.3. The van der Waals surface area contributed by atoms with Gasteiger partial charge < -0.3 is 10.3 Å². The van der Waals surface area contributed by atoms with E-state index in [-0.39, 0.29) is 0 Å². The highest BCUT2D eigenvalue weighted by atomic mass is 32.1. The molecule has 0 amide bonds. The fourth-order valence-electron chi connectivity index (χ4n) is 8.00. The summed E-state index contributed by atoms with van der Waals surface area (Å²) in [6, 6.07) is 58.6. The number of rotatable bonds is 4. The maximum absolute atomic E-state index is 5.28. The minimum absolute atomic E-state index is 0.441. The van der Waals surface area contributed by atoms with Crippen LogP contribution >= 0.6 is 11.3 Å². The summed E-state index contributed by atoms with van der Waals surface area (Å²) in [6.07, 6.45) is -0.441. The standard InChI is InChI=1S/C47H28N3S/c1-2-10-31(11-3-1)45-48-46(32-22-19-29(20-23-32)34-24-21-28-9-4-5-12-33(28)27-34)50-47(49-45)39-17-8-18-40-42(39)38-26-25-36-35-15-6-13-30-14-7-16-37(41(30)35)43(36)44(38)51-40/h1-27,47H/q-1. The van der Waals surface area contributed by atoms with Crippen LogP contribution in [0.2, 0.25) is 0 Å². The van der Waals surface area contributed by atoms with Gasteiger partial charge in [0.25, 0.3) is 0 Å². The molecular formula is C47H28N3S-. The van der Waals surface area contributed by atoms with Crippen LogP contribution in [0.1, 0.15) is 22.9 Å². The normalized spacial score (nSPS) is 14.9. The molecule has 11 rings (SSSR count). The van der Waals surface area contributed by atoms with E-state index in [1.165, 1.54) is 69.5 Å². The average molecular weight is 667 g/mol. The molecule has 1 atom stereocenters. The summed E-state index contributed by atoms with van der Waals surface area (Å²) in [6.45, 7) is 0. The van der Waals surface area contributed by atoms with Crippen LogP contribution in [0, 0.1) is 0 Å². The molecule has 0 radical (unpaired) electrons. The molecular weight excluding hydrogens is 639 g/mol. The maximum Gasteiger partial charge on any atom is 0.0828 e. The third-order valence-corrected chi connectivity index (χ3v) is 11.6. The second-order valence-electron chi connectivity index (χ2n) is 13.3. The fraction of sp³-hybridized carbons (Fsp3) is 0.0213. The highest BCUT2D eigenvalue weighted by Gasteiger charge is 2.26. The number of aliphatic imine (C=N–C) groups is 2. The highest BCUT2D eigenvalue weighted by molar-refractivity contribution is 7.26. The van der Waals surface area contributed by atoms with Gasteiger partial charge in [-0.15, -0.1) is 11.3 Å². The van der Waals surface area contributed by atoms with E-state index in [4.69, 9.17) is 15.3 Å². The smallest absolute Gasteiger partial charge is 0.0828 e. The van der Waals surface area contributed by atoms with Crippen molar-refractivity contribution in [2.24, 2.45) is 9.98 Å². The van der Waals surface area contributed by atoms with E-state index in [2.05, 4.69) is 146 Å². The zero-order valence-corrected chi connectivity index (χ0v) is 28.2. The first-order valence-corrected chi connectivity index (χ1v) is 18.1. The number of amidine groups is 2. The largest absolute Gasteiger partial charge is 0.438 e. The third kappa shape index (κ3) is 4.43. The molecule has 0 saturated heterocycles. The molecule has 238 valence electrons. The molecule has 0 bridgehead atoms. The van der Waals surface area contributed by atoms with Gasteiger partial charge in [-0.2, -0.15) is 0 Å². The molecule has 3 nitrogen and oxygen atoms in total. The molecule has 0 saturated carbocycles. The lowest BCUT2D eigenvalue weighted by molar-refractivity contribution is 0.888. The van der Waals surface area contributed by atoms with Crippen LogP contribution in [0.15, 0.2) is 174 Å². The van der Waals surface area contributed by atoms with Crippen molar-refractivity contribution in [3.63, 3.8) is 0 Å². The Labute approximate surface area is 298 Å². The zero-order valence-electron chi connectivity index (χ0n) is 27.4. The van der Waals surface area contributed by atoms with Crippen molar-refractivity contribution in [2.45, 2.75) is 6.17 Å². The van der Waals surface area contributed by atoms with Gasteiger partial charge >= 0.3 is 0 Å². The predicted octanol–water partition coefficient (Wildman–Crippen LogP) is 13.0. The van der Waals surface area contributed by atoms with Crippen LogP contribution in [-0.4, -0.2) is 11.7 Å². The van der Waals surface area contributed by atoms with Gasteiger partial charge in [-0.1, -0.05) is 157 Å². The Morgan fingerprint density at radius 3 is 2.08 bits per heavy atom. The SMILES string of the molecule is c1ccc(C2=NC(c3ccc(-c4ccc5ccccc5c4)cc3)=NC(c3cccc4sc5c6c(ccc5c34)-c3cccc4cccc-6c34)[N-]2)cc1. The lowest BCUT2D eigenvalue weighted by Crippen LogP contribution is -2.16. The lowest BCUT2D eigenvalue weighted by Gasteiger charge is -2.33. The van der Waals surface area contributed by atoms with Crippen LogP contribution in [0.25, 0.3) is 80.4 Å². The number of thiophene rings is 1. The number of hydrogen-bond donors (Lipinski definition) is 0. The van der Waals surface area contributed by atoms with Crippen molar-refractivity contribution in [2.75, 3.05) is 0 Å². The van der Waals surface area contributed by atoms with E-state index in [0.717, 1.165) is 22.3 Å². The Bertz CT molecular complexity index is 2930. The van der Waals surface area contributed by atoms with Crippen molar-refractivity contribution >= 4 is 64.7 Å². The second-order valence-corrected chi connectivity index (χ2v) is 14.3. The fourth-order valence-corrected chi connectivity index (χ4v) is 9.30.